The lowest BCUT2D eigenvalue weighted by molar-refractivity contribution is -0.169. The van der Waals surface area contributed by atoms with Crippen molar-refractivity contribution in [2.45, 2.75) is 56.9 Å². The second kappa shape index (κ2) is 9.54. The van der Waals surface area contributed by atoms with Crippen molar-refractivity contribution in [3.63, 3.8) is 0 Å². The number of rotatable bonds is 3. The van der Waals surface area contributed by atoms with Crippen molar-refractivity contribution in [1.29, 1.82) is 0 Å². The van der Waals surface area contributed by atoms with E-state index in [1.54, 1.807) is 13.0 Å². The molecule has 0 saturated heterocycles. The van der Waals surface area contributed by atoms with E-state index in [0.717, 1.165) is 0 Å². The molecule has 4 rings (SSSR count). The van der Waals surface area contributed by atoms with Crippen molar-refractivity contribution in [1.82, 2.24) is 10.2 Å². The summed E-state index contributed by atoms with van der Waals surface area (Å²) < 4.78 is 0. The van der Waals surface area contributed by atoms with Crippen molar-refractivity contribution in [2.75, 3.05) is 19.4 Å². The van der Waals surface area contributed by atoms with Crippen LogP contribution in [-0.4, -0.2) is 90.4 Å². The predicted molar refractivity (Wildman–Crippen MR) is 149 cm³/mol. The SMILES string of the molecule is C[C@H]1c2ccc(NC(=S)NC(C)(C)C)c(O)c2C(O)=C2C(=O)[C@]3(O)C(O)=C(C(N)=O)C(=O)[C@@H](N(C)C)C3[C@@H](O)C21. The first-order valence-corrected chi connectivity index (χ1v) is 13.0. The molecule has 0 bridgehead atoms. The molecule has 216 valence electrons. The number of hydrogen-bond acceptors (Lipinski definition) is 10. The number of aromatic hydroxyl groups is 1. The fraction of sp³-hybridized carbons (Fsp3) is 0.481. The molecule has 3 aliphatic carbocycles. The number of ketones is 2. The lowest BCUT2D eigenvalue weighted by Gasteiger charge is -2.53. The average Bonchev–Trinajstić information content (AvgIpc) is 2.81. The molecule has 0 aromatic heterocycles. The fourth-order valence-corrected chi connectivity index (χ4v) is 6.63. The summed E-state index contributed by atoms with van der Waals surface area (Å²) >= 11 is 5.31. The molecule has 0 radical (unpaired) electrons. The van der Waals surface area contributed by atoms with Gasteiger partial charge < -0.3 is 41.9 Å². The standard InChI is InChI=1S/C27H34N4O8S/c1-9-10-7-8-11(29-25(40)30-26(2,3)4)18(32)13(10)19(33)14-12(9)20(34)16-17(31(5)6)21(35)15(24(28)38)23(37)27(16,39)22(14)36/h7-9,12,16-17,20,32-34,37,39H,1-6H3,(H2,28,38)(H2,29,30,40)/t9-,12?,16?,17-,20-,27-/m0/s1. The summed E-state index contributed by atoms with van der Waals surface area (Å²) in [5.41, 5.74) is 0.939. The van der Waals surface area contributed by atoms with Crippen LogP contribution in [0.4, 0.5) is 5.69 Å². The van der Waals surface area contributed by atoms with E-state index in [4.69, 9.17) is 18.0 Å². The Morgan fingerprint density at radius 2 is 1.75 bits per heavy atom. The zero-order valence-electron chi connectivity index (χ0n) is 22.9. The largest absolute Gasteiger partial charge is 0.508 e. The van der Waals surface area contributed by atoms with Crippen LogP contribution >= 0.6 is 12.2 Å². The quantitative estimate of drug-likeness (QED) is 0.142. The molecular weight excluding hydrogens is 540 g/mol. The second-order valence-corrected chi connectivity index (χ2v) is 12.2. The van der Waals surface area contributed by atoms with Crippen LogP contribution in [0, 0.1) is 11.8 Å². The van der Waals surface area contributed by atoms with Crippen LogP contribution < -0.4 is 16.4 Å². The van der Waals surface area contributed by atoms with Gasteiger partial charge in [0.1, 0.15) is 22.8 Å². The first-order valence-electron chi connectivity index (χ1n) is 12.6. The van der Waals surface area contributed by atoms with Crippen LogP contribution in [0.25, 0.3) is 5.76 Å². The van der Waals surface area contributed by atoms with Crippen LogP contribution in [-0.2, 0) is 14.4 Å². The number of likely N-dealkylation sites (N-methyl/N-ethyl adjacent to an activating group) is 1. The molecule has 9 N–H and O–H groups in total. The number of fused-ring (bicyclic) bond motifs is 3. The Hall–Kier alpha value is -3.52. The summed E-state index contributed by atoms with van der Waals surface area (Å²) in [6.45, 7) is 7.32. The number of thiocarbonyl (C=S) groups is 1. The van der Waals surface area contributed by atoms with Gasteiger partial charge in [-0.15, -0.1) is 0 Å². The van der Waals surface area contributed by atoms with E-state index in [-0.39, 0.29) is 21.9 Å². The highest BCUT2D eigenvalue weighted by molar-refractivity contribution is 7.80. The molecule has 1 aromatic carbocycles. The summed E-state index contributed by atoms with van der Waals surface area (Å²) in [7, 11) is 2.91. The molecule has 1 aromatic rings. The summed E-state index contributed by atoms with van der Waals surface area (Å²) in [5.74, 6) is -9.43. The minimum Gasteiger partial charge on any atom is -0.508 e. The van der Waals surface area contributed by atoms with Crippen LogP contribution in [0.5, 0.6) is 5.75 Å². The molecule has 0 spiro atoms. The molecule has 13 heteroatoms. The molecule has 3 aliphatic rings. The number of aliphatic hydroxyl groups excluding tert-OH is 3. The number of carbonyl (C=O) groups excluding carboxylic acids is 3. The smallest absolute Gasteiger partial charge is 0.255 e. The number of carbonyl (C=O) groups is 3. The maximum absolute atomic E-state index is 14.0. The van der Waals surface area contributed by atoms with Crippen molar-refractivity contribution >= 4 is 46.3 Å². The number of nitrogens with one attached hydrogen (secondary N) is 2. The van der Waals surface area contributed by atoms with Gasteiger partial charge >= 0.3 is 0 Å². The van der Waals surface area contributed by atoms with Crippen molar-refractivity contribution in [3.05, 3.63) is 40.2 Å². The Morgan fingerprint density at radius 3 is 2.27 bits per heavy atom. The number of nitrogens with zero attached hydrogens (tertiary/aromatic N) is 1. The molecule has 1 amide bonds. The third kappa shape index (κ3) is 4.15. The van der Waals surface area contributed by atoms with Crippen LogP contribution in [0.3, 0.4) is 0 Å². The Bertz CT molecular complexity index is 1410. The average molecular weight is 575 g/mol. The van der Waals surface area contributed by atoms with E-state index < -0.39 is 81.4 Å². The van der Waals surface area contributed by atoms with Crippen LogP contribution in [0.15, 0.2) is 29.0 Å². The second-order valence-electron chi connectivity index (χ2n) is 11.8. The van der Waals surface area contributed by atoms with E-state index >= 15 is 0 Å². The number of anilines is 1. The molecule has 0 heterocycles. The van der Waals surface area contributed by atoms with Gasteiger partial charge in [-0.05, 0) is 64.6 Å². The van der Waals surface area contributed by atoms with Gasteiger partial charge in [0.2, 0.25) is 5.78 Å². The van der Waals surface area contributed by atoms with Gasteiger partial charge in [0.15, 0.2) is 16.5 Å². The van der Waals surface area contributed by atoms with E-state index in [1.807, 2.05) is 20.8 Å². The summed E-state index contributed by atoms with van der Waals surface area (Å²) in [6, 6.07) is 1.73. The van der Waals surface area contributed by atoms with Gasteiger partial charge in [-0.25, -0.2) is 0 Å². The number of hydrogen-bond donors (Lipinski definition) is 8. The Morgan fingerprint density at radius 1 is 1.15 bits per heavy atom. The Kier molecular flexibility index (Phi) is 7.03. The van der Waals surface area contributed by atoms with E-state index in [2.05, 4.69) is 10.6 Å². The van der Waals surface area contributed by atoms with Gasteiger partial charge in [-0.1, -0.05) is 13.0 Å². The first-order chi connectivity index (χ1) is 18.4. The number of benzene rings is 1. The highest BCUT2D eigenvalue weighted by Gasteiger charge is 2.68. The van der Waals surface area contributed by atoms with Crippen molar-refractivity contribution < 1.29 is 39.9 Å². The Balaban J connectivity index is 1.93. The summed E-state index contributed by atoms with van der Waals surface area (Å²) in [6.07, 6.45) is -1.65. The number of amides is 1. The molecule has 2 unspecified atom stereocenters. The lowest BCUT2D eigenvalue weighted by Crippen LogP contribution is -2.70. The highest BCUT2D eigenvalue weighted by atomic mass is 32.1. The third-order valence-corrected chi connectivity index (χ3v) is 8.07. The number of phenols is 1. The monoisotopic (exact) mass is 574 g/mol. The predicted octanol–water partition coefficient (Wildman–Crippen LogP) is 0.581. The zero-order chi connectivity index (χ0) is 30.2. The van der Waals surface area contributed by atoms with E-state index in [9.17, 15) is 39.9 Å². The molecule has 6 atom stereocenters. The highest BCUT2D eigenvalue weighted by Crippen LogP contribution is 2.56. The topological polar surface area (TPSA) is 206 Å². The number of phenolic OH excluding ortho intramolecular Hbond substituents is 1. The minimum atomic E-state index is -2.96. The van der Waals surface area contributed by atoms with Gasteiger partial charge in [0.25, 0.3) is 5.91 Å². The van der Waals surface area contributed by atoms with Crippen molar-refractivity contribution in [3.8, 4) is 5.75 Å². The van der Waals surface area contributed by atoms with Gasteiger partial charge in [0, 0.05) is 17.0 Å². The van der Waals surface area contributed by atoms with E-state index in [1.165, 1.54) is 25.1 Å². The molecular formula is C27H34N4O8S. The number of Topliss-reactive ketones (excluding diaryl/α,β-unsaturated/α-hetero) is 2. The molecule has 1 fully saturated rings. The molecule has 12 nitrogen and oxygen atoms in total. The molecule has 40 heavy (non-hydrogen) atoms. The van der Waals surface area contributed by atoms with E-state index in [0.29, 0.717) is 5.56 Å². The lowest BCUT2D eigenvalue weighted by atomic mass is 9.54. The van der Waals surface area contributed by atoms with Gasteiger partial charge in [0.05, 0.1) is 29.3 Å². The third-order valence-electron chi connectivity index (χ3n) is 7.87. The van der Waals surface area contributed by atoms with Crippen molar-refractivity contribution in [2.24, 2.45) is 17.6 Å². The van der Waals surface area contributed by atoms with Gasteiger partial charge in [-0.2, -0.15) is 0 Å². The van der Waals surface area contributed by atoms with Crippen LogP contribution in [0.2, 0.25) is 0 Å². The summed E-state index contributed by atoms with van der Waals surface area (Å²) in [5, 5.41) is 63.0. The maximum atomic E-state index is 14.0. The number of aliphatic hydroxyl groups is 4. The van der Waals surface area contributed by atoms with Crippen LogP contribution in [0.1, 0.15) is 44.7 Å². The Labute approximate surface area is 236 Å². The number of nitrogens with two attached hydrogens (primary N) is 1. The fourth-order valence-electron chi connectivity index (χ4n) is 6.21. The minimum absolute atomic E-state index is 0.119. The number of primary amides is 1. The zero-order valence-corrected chi connectivity index (χ0v) is 23.8. The summed E-state index contributed by atoms with van der Waals surface area (Å²) in [4.78, 5) is 40.7. The normalized spacial score (nSPS) is 30.1. The molecule has 0 aliphatic heterocycles. The molecule has 1 saturated carbocycles. The first kappa shape index (κ1) is 29.5. The van der Waals surface area contributed by atoms with Gasteiger partial charge in [-0.3, -0.25) is 19.3 Å². The maximum Gasteiger partial charge on any atom is 0.255 e.